The van der Waals surface area contributed by atoms with Crippen LogP contribution in [0.5, 0.6) is 0 Å². The summed E-state index contributed by atoms with van der Waals surface area (Å²) in [5.74, 6) is 0.897. The van der Waals surface area contributed by atoms with E-state index in [9.17, 15) is 4.79 Å². The first-order valence-corrected chi connectivity index (χ1v) is 9.10. The van der Waals surface area contributed by atoms with Gasteiger partial charge >= 0.3 is 0 Å². The van der Waals surface area contributed by atoms with Crippen LogP contribution in [0.15, 0.2) is 41.4 Å². The lowest BCUT2D eigenvalue weighted by molar-refractivity contribution is 0.112. The first-order chi connectivity index (χ1) is 12.6. The maximum atomic E-state index is 11.7. The van der Waals surface area contributed by atoms with E-state index in [1.54, 1.807) is 0 Å². The number of allylic oxidation sites excluding steroid dienone is 2. The molecule has 0 saturated carbocycles. The zero-order chi connectivity index (χ0) is 19.5. The molecule has 0 amide bonds. The molecule has 0 aliphatic heterocycles. The van der Waals surface area contributed by atoms with Crippen molar-refractivity contribution in [3.05, 3.63) is 42.0 Å². The molecule has 26 heavy (non-hydrogen) atoms. The number of carbonyl (C=O) groups excluding carboxylic acids is 1. The number of likely N-dealkylation sites (N-methyl/N-ethyl adjacent to an activating group) is 2. The number of fused-ring (bicyclic) bond motifs is 1. The lowest BCUT2D eigenvalue weighted by atomic mass is 10.2. The molecule has 1 aromatic heterocycles. The number of aliphatic imine (C=N–C) groups is 1. The van der Waals surface area contributed by atoms with E-state index in [1.165, 1.54) is 0 Å². The average molecular weight is 357 g/mol. The molecule has 0 fully saturated rings. The number of para-hydroxylation sites is 1. The molecule has 1 N–H and O–H groups in total. The second-order valence-corrected chi connectivity index (χ2v) is 6.00. The Bertz CT molecular complexity index is 729. The van der Waals surface area contributed by atoms with Gasteiger partial charge in [-0.15, -0.1) is 0 Å². The van der Waals surface area contributed by atoms with Gasteiger partial charge in [-0.05, 0) is 40.1 Å². The van der Waals surface area contributed by atoms with Crippen molar-refractivity contribution in [3.63, 3.8) is 0 Å². The Kier molecular flexibility index (Phi) is 9.37. The van der Waals surface area contributed by atoms with Crippen LogP contribution in [0.2, 0.25) is 0 Å². The zero-order valence-corrected chi connectivity index (χ0v) is 16.7. The minimum absolute atomic E-state index is 0.129. The molecular formula is C21H32N4O. The third-order valence-corrected chi connectivity index (χ3v) is 4.25. The molecule has 5 nitrogen and oxygen atoms in total. The van der Waals surface area contributed by atoms with E-state index >= 15 is 0 Å². The zero-order valence-electron chi connectivity index (χ0n) is 16.7. The molecule has 5 heteroatoms. The minimum atomic E-state index is -0.129. The van der Waals surface area contributed by atoms with Gasteiger partial charge in [-0.3, -0.25) is 9.79 Å². The molecule has 2 rings (SSSR count). The Morgan fingerprint density at radius 3 is 2.50 bits per heavy atom. The highest BCUT2D eigenvalue weighted by atomic mass is 16.1. The Labute approximate surface area is 157 Å². The van der Waals surface area contributed by atoms with Gasteiger partial charge in [-0.2, -0.15) is 0 Å². The van der Waals surface area contributed by atoms with E-state index in [1.807, 2.05) is 64.2 Å². The van der Waals surface area contributed by atoms with E-state index in [0.717, 1.165) is 42.6 Å². The van der Waals surface area contributed by atoms with Gasteiger partial charge in [0, 0.05) is 25.5 Å². The van der Waals surface area contributed by atoms with Gasteiger partial charge in [0.1, 0.15) is 12.0 Å². The van der Waals surface area contributed by atoms with Gasteiger partial charge in [0.2, 0.25) is 0 Å². The molecule has 0 aliphatic rings. The predicted octanol–water partition coefficient (Wildman–Crippen LogP) is 4.30. The molecule has 1 aromatic carbocycles. The molecule has 1 unspecified atom stereocenters. The first kappa shape index (κ1) is 21.6. The van der Waals surface area contributed by atoms with Gasteiger partial charge in [0.15, 0.2) is 6.29 Å². The van der Waals surface area contributed by atoms with E-state index in [2.05, 4.69) is 33.4 Å². The number of carbonyl (C=O) groups is 1. The summed E-state index contributed by atoms with van der Waals surface area (Å²) in [5, 5.41) is 4.26. The van der Waals surface area contributed by atoms with Gasteiger partial charge in [-0.1, -0.05) is 37.3 Å². The van der Waals surface area contributed by atoms with Crippen molar-refractivity contribution in [3.8, 4) is 0 Å². The monoisotopic (exact) mass is 356 g/mol. The van der Waals surface area contributed by atoms with Crippen LogP contribution in [0.4, 0.5) is 5.82 Å². The van der Waals surface area contributed by atoms with Crippen LogP contribution in [0.3, 0.4) is 0 Å². The highest BCUT2D eigenvalue weighted by molar-refractivity contribution is 6.04. The van der Waals surface area contributed by atoms with Gasteiger partial charge in [0.05, 0.1) is 11.1 Å². The lowest BCUT2D eigenvalue weighted by Gasteiger charge is -2.24. The standard InChI is InChI=1S/C17H24N4O.C4H8/c1-5-19-10-11-20(4)17-15(12-22)14-8-6-7-9-16(14)21(17)13(2)18-3;1-3-4-2/h6-9,12-13,19H,3,5,10-11H2,1-2,4H3;3-4H,1-2H3/b;4-3-. The highest BCUT2D eigenvalue weighted by Gasteiger charge is 2.21. The van der Waals surface area contributed by atoms with Crippen LogP contribution in [0.25, 0.3) is 10.9 Å². The van der Waals surface area contributed by atoms with Crippen LogP contribution in [0, 0.1) is 0 Å². The number of benzene rings is 1. The SMILES string of the molecule is C/C=C\C.C=NC(C)n1c(N(C)CCNCC)c(C=O)c2ccccc21. The van der Waals surface area contributed by atoms with Crippen LogP contribution >= 0.6 is 0 Å². The number of nitrogens with one attached hydrogen (secondary N) is 1. The van der Waals surface area contributed by atoms with E-state index in [-0.39, 0.29) is 6.17 Å². The molecule has 1 heterocycles. The molecule has 1 atom stereocenters. The van der Waals surface area contributed by atoms with Gasteiger partial charge in [0.25, 0.3) is 0 Å². The fraction of sp³-hybridized carbons (Fsp3) is 0.429. The molecule has 142 valence electrons. The topological polar surface area (TPSA) is 49.6 Å². The van der Waals surface area contributed by atoms with Crippen molar-refractivity contribution < 1.29 is 4.79 Å². The van der Waals surface area contributed by atoms with Gasteiger partial charge < -0.3 is 14.8 Å². The molecular weight excluding hydrogens is 324 g/mol. The molecule has 0 bridgehead atoms. The van der Waals surface area contributed by atoms with E-state index in [0.29, 0.717) is 5.56 Å². The number of anilines is 1. The third-order valence-electron chi connectivity index (χ3n) is 4.25. The lowest BCUT2D eigenvalue weighted by Crippen LogP contribution is -2.31. The summed E-state index contributed by atoms with van der Waals surface area (Å²) in [4.78, 5) is 18.0. The second kappa shape index (κ2) is 11.3. The quantitative estimate of drug-likeness (QED) is 0.332. The molecule has 0 radical (unpaired) electrons. The number of hydrogen-bond donors (Lipinski definition) is 1. The Morgan fingerprint density at radius 2 is 1.96 bits per heavy atom. The number of rotatable bonds is 8. The van der Waals surface area contributed by atoms with Crippen molar-refractivity contribution in [2.45, 2.75) is 33.9 Å². The van der Waals surface area contributed by atoms with Crippen LogP contribution in [-0.4, -0.2) is 44.3 Å². The number of hydrogen-bond acceptors (Lipinski definition) is 4. The number of aldehydes is 1. The fourth-order valence-corrected chi connectivity index (χ4v) is 2.77. The second-order valence-electron chi connectivity index (χ2n) is 6.00. The normalized spacial score (nSPS) is 11.9. The Balaban J connectivity index is 0.000000765. The summed E-state index contributed by atoms with van der Waals surface area (Å²) in [6, 6.07) is 7.93. The average Bonchev–Trinajstić information content (AvgIpc) is 3.02. The van der Waals surface area contributed by atoms with Crippen molar-refractivity contribution >= 4 is 29.7 Å². The first-order valence-electron chi connectivity index (χ1n) is 9.10. The highest BCUT2D eigenvalue weighted by Crippen LogP contribution is 2.34. The van der Waals surface area contributed by atoms with Gasteiger partial charge in [-0.25, -0.2) is 0 Å². The maximum absolute atomic E-state index is 11.7. The largest absolute Gasteiger partial charge is 0.359 e. The molecule has 0 saturated heterocycles. The smallest absolute Gasteiger partial charge is 0.154 e. The maximum Gasteiger partial charge on any atom is 0.154 e. The Hall–Kier alpha value is -2.40. The van der Waals surface area contributed by atoms with Crippen LogP contribution in [-0.2, 0) is 0 Å². The van der Waals surface area contributed by atoms with Crippen LogP contribution < -0.4 is 10.2 Å². The Morgan fingerprint density at radius 1 is 1.31 bits per heavy atom. The van der Waals surface area contributed by atoms with Crippen molar-refractivity contribution in [1.29, 1.82) is 0 Å². The van der Waals surface area contributed by atoms with Crippen molar-refractivity contribution in [2.75, 3.05) is 31.6 Å². The molecule has 2 aromatic rings. The van der Waals surface area contributed by atoms with Crippen LogP contribution in [0.1, 0.15) is 44.2 Å². The van der Waals surface area contributed by atoms with E-state index in [4.69, 9.17) is 0 Å². The summed E-state index contributed by atoms with van der Waals surface area (Å²) in [6.45, 7) is 14.3. The summed E-state index contributed by atoms with van der Waals surface area (Å²) in [6.07, 6.45) is 4.81. The predicted molar refractivity (Wildman–Crippen MR) is 114 cm³/mol. The minimum Gasteiger partial charge on any atom is -0.359 e. The fourth-order valence-electron chi connectivity index (χ4n) is 2.77. The summed E-state index contributed by atoms with van der Waals surface area (Å²) in [5.41, 5.74) is 1.72. The molecule has 0 spiro atoms. The summed E-state index contributed by atoms with van der Waals surface area (Å²) in [7, 11) is 2.00. The van der Waals surface area contributed by atoms with Crippen molar-refractivity contribution in [1.82, 2.24) is 9.88 Å². The molecule has 0 aliphatic carbocycles. The summed E-state index contributed by atoms with van der Waals surface area (Å²) < 4.78 is 2.08. The number of nitrogens with zero attached hydrogens (tertiary/aromatic N) is 3. The number of aromatic nitrogens is 1. The third kappa shape index (κ3) is 5.05. The van der Waals surface area contributed by atoms with Crippen molar-refractivity contribution in [2.24, 2.45) is 4.99 Å². The van der Waals surface area contributed by atoms with E-state index < -0.39 is 0 Å². The summed E-state index contributed by atoms with van der Waals surface area (Å²) >= 11 is 0.